The lowest BCUT2D eigenvalue weighted by Crippen LogP contribution is -2.23. The Hall–Kier alpha value is -1.66. The fourth-order valence-electron chi connectivity index (χ4n) is 1.72. The van der Waals surface area contributed by atoms with Gasteiger partial charge in [0.25, 0.3) is 0 Å². The van der Waals surface area contributed by atoms with Crippen molar-refractivity contribution in [3.05, 3.63) is 54.6 Å². The maximum absolute atomic E-state index is 12.4. The van der Waals surface area contributed by atoms with Gasteiger partial charge in [0.05, 0.1) is 0 Å². The first-order valence-corrected chi connectivity index (χ1v) is 7.53. The molecular formula is C16H18O2P+. The van der Waals surface area contributed by atoms with Gasteiger partial charge in [-0.2, -0.15) is 0 Å². The molecule has 0 saturated carbocycles. The molecule has 0 N–H and O–H groups in total. The van der Waals surface area contributed by atoms with Crippen LogP contribution in [0.5, 0.6) is 5.75 Å². The van der Waals surface area contributed by atoms with Crippen LogP contribution in [0.15, 0.2) is 54.6 Å². The van der Waals surface area contributed by atoms with Crippen LogP contribution in [0.2, 0.25) is 0 Å². The largest absolute Gasteiger partial charge is 0.488 e. The molecule has 2 nitrogen and oxygen atoms in total. The fraction of sp³-hybridized carbons (Fsp3) is 0.250. The standard InChI is InChI=1S/C16H18O2P/c1-16(2,3)18-13-9-11-15(12-10-13)19(17)14-7-5-4-6-8-14/h4-12H,1-3H3/q+1. The monoisotopic (exact) mass is 273 g/mol. The summed E-state index contributed by atoms with van der Waals surface area (Å²) >= 11 is 0. The third-order valence-electron chi connectivity index (χ3n) is 2.49. The molecule has 0 aliphatic rings. The van der Waals surface area contributed by atoms with Crippen LogP contribution < -0.4 is 15.3 Å². The number of benzene rings is 2. The molecule has 0 heterocycles. The van der Waals surface area contributed by atoms with Crippen molar-refractivity contribution in [1.29, 1.82) is 0 Å². The summed E-state index contributed by atoms with van der Waals surface area (Å²) in [5, 5.41) is 1.67. The minimum absolute atomic E-state index is 0.219. The average Bonchev–Trinajstić information content (AvgIpc) is 2.38. The zero-order valence-electron chi connectivity index (χ0n) is 11.5. The van der Waals surface area contributed by atoms with E-state index in [9.17, 15) is 4.57 Å². The molecular weight excluding hydrogens is 255 g/mol. The molecule has 1 atom stereocenters. The Balaban J connectivity index is 2.17. The smallest absolute Gasteiger partial charge is 0.415 e. The first-order chi connectivity index (χ1) is 8.96. The Morgan fingerprint density at radius 3 is 1.89 bits per heavy atom. The van der Waals surface area contributed by atoms with Gasteiger partial charge in [0.2, 0.25) is 0 Å². The van der Waals surface area contributed by atoms with Crippen molar-refractivity contribution in [1.82, 2.24) is 0 Å². The van der Waals surface area contributed by atoms with Gasteiger partial charge < -0.3 is 4.74 Å². The molecule has 1 unspecified atom stereocenters. The average molecular weight is 273 g/mol. The Morgan fingerprint density at radius 2 is 1.37 bits per heavy atom. The Labute approximate surface area is 115 Å². The minimum Gasteiger partial charge on any atom is -0.488 e. The van der Waals surface area contributed by atoms with Crippen LogP contribution in [0.4, 0.5) is 0 Å². The first-order valence-electron chi connectivity index (χ1n) is 6.27. The highest BCUT2D eigenvalue weighted by Gasteiger charge is 2.23. The topological polar surface area (TPSA) is 26.3 Å². The van der Waals surface area contributed by atoms with Gasteiger partial charge in [0.15, 0.2) is 10.6 Å². The zero-order chi connectivity index (χ0) is 13.9. The van der Waals surface area contributed by atoms with Gasteiger partial charge in [-0.1, -0.05) is 22.8 Å². The predicted octanol–water partition coefficient (Wildman–Crippen LogP) is 3.64. The highest BCUT2D eigenvalue weighted by atomic mass is 31.1. The summed E-state index contributed by atoms with van der Waals surface area (Å²) in [4.78, 5) is 0. The SMILES string of the molecule is CC(C)(C)Oc1ccc([P+](=O)c2ccccc2)cc1. The number of rotatable bonds is 3. The van der Waals surface area contributed by atoms with Crippen LogP contribution in [0.3, 0.4) is 0 Å². The summed E-state index contributed by atoms with van der Waals surface area (Å²) in [6.45, 7) is 6.02. The second kappa shape index (κ2) is 5.54. The van der Waals surface area contributed by atoms with Crippen LogP contribution in [-0.4, -0.2) is 5.60 Å². The molecule has 2 aromatic rings. The summed E-state index contributed by atoms with van der Waals surface area (Å²) in [5.41, 5.74) is -0.219. The molecule has 3 heteroatoms. The summed E-state index contributed by atoms with van der Waals surface area (Å²) in [5.74, 6) is 0.799. The summed E-state index contributed by atoms with van der Waals surface area (Å²) in [7, 11) is -1.52. The van der Waals surface area contributed by atoms with Crippen molar-refractivity contribution in [2.24, 2.45) is 0 Å². The van der Waals surface area contributed by atoms with Gasteiger partial charge in [0, 0.05) is 0 Å². The van der Waals surface area contributed by atoms with Crippen molar-refractivity contribution in [3.8, 4) is 5.75 Å². The zero-order valence-corrected chi connectivity index (χ0v) is 12.4. The number of hydrogen-bond acceptors (Lipinski definition) is 2. The fourth-order valence-corrected chi connectivity index (χ4v) is 2.88. The van der Waals surface area contributed by atoms with Crippen LogP contribution in [0.1, 0.15) is 20.8 Å². The van der Waals surface area contributed by atoms with Gasteiger partial charge in [-0.15, -0.1) is 0 Å². The maximum atomic E-state index is 12.4. The van der Waals surface area contributed by atoms with Crippen molar-refractivity contribution < 1.29 is 9.30 Å². The molecule has 0 aliphatic heterocycles. The molecule has 0 fully saturated rings. The predicted molar refractivity (Wildman–Crippen MR) is 80.1 cm³/mol. The lowest BCUT2D eigenvalue weighted by atomic mass is 10.2. The van der Waals surface area contributed by atoms with E-state index in [0.29, 0.717) is 0 Å². The Kier molecular flexibility index (Phi) is 4.01. The number of hydrogen-bond donors (Lipinski definition) is 0. The van der Waals surface area contributed by atoms with Crippen molar-refractivity contribution in [2.75, 3.05) is 0 Å². The summed E-state index contributed by atoms with van der Waals surface area (Å²) in [6.07, 6.45) is 0. The van der Waals surface area contributed by atoms with Gasteiger partial charge in [-0.3, -0.25) is 0 Å². The van der Waals surface area contributed by atoms with E-state index in [-0.39, 0.29) is 5.60 Å². The highest BCUT2D eigenvalue weighted by Crippen LogP contribution is 2.22. The molecule has 0 spiro atoms. The Bertz CT molecular complexity index is 554. The van der Waals surface area contributed by atoms with E-state index < -0.39 is 7.80 Å². The Morgan fingerprint density at radius 1 is 0.842 bits per heavy atom. The molecule has 98 valence electrons. The van der Waals surface area contributed by atoms with Crippen molar-refractivity contribution in [2.45, 2.75) is 26.4 Å². The van der Waals surface area contributed by atoms with Crippen LogP contribution in [0.25, 0.3) is 0 Å². The quantitative estimate of drug-likeness (QED) is 0.798. The van der Waals surface area contributed by atoms with Gasteiger partial charge >= 0.3 is 7.80 Å². The van der Waals surface area contributed by atoms with Crippen molar-refractivity contribution >= 4 is 18.4 Å². The van der Waals surface area contributed by atoms with Gasteiger partial charge in [0.1, 0.15) is 11.4 Å². The molecule has 0 amide bonds. The second-order valence-electron chi connectivity index (χ2n) is 5.34. The van der Waals surface area contributed by atoms with E-state index in [0.717, 1.165) is 16.4 Å². The molecule has 2 rings (SSSR count). The molecule has 0 radical (unpaired) electrons. The summed E-state index contributed by atoms with van der Waals surface area (Å²) < 4.78 is 18.1. The van der Waals surface area contributed by atoms with Crippen molar-refractivity contribution in [3.63, 3.8) is 0 Å². The minimum atomic E-state index is -1.52. The molecule has 2 aromatic carbocycles. The lowest BCUT2D eigenvalue weighted by molar-refractivity contribution is 0.131. The third kappa shape index (κ3) is 3.90. The molecule has 0 aromatic heterocycles. The van der Waals surface area contributed by atoms with E-state index in [2.05, 4.69) is 0 Å². The summed E-state index contributed by atoms with van der Waals surface area (Å²) in [6, 6.07) is 17.0. The van der Waals surface area contributed by atoms with Crippen LogP contribution >= 0.6 is 7.80 Å². The molecule has 19 heavy (non-hydrogen) atoms. The van der Waals surface area contributed by atoms with E-state index in [4.69, 9.17) is 4.74 Å². The molecule has 0 saturated heterocycles. The van der Waals surface area contributed by atoms with Crippen LogP contribution in [0, 0.1) is 0 Å². The van der Waals surface area contributed by atoms with E-state index >= 15 is 0 Å². The number of ether oxygens (including phenoxy) is 1. The van der Waals surface area contributed by atoms with Crippen LogP contribution in [-0.2, 0) is 4.57 Å². The van der Waals surface area contributed by atoms with E-state index in [1.54, 1.807) is 0 Å². The van der Waals surface area contributed by atoms with Gasteiger partial charge in [-0.05, 0) is 57.2 Å². The molecule has 0 bridgehead atoms. The first kappa shape index (κ1) is 13.8. The third-order valence-corrected chi connectivity index (χ3v) is 4.02. The normalized spacial score (nSPS) is 12.1. The van der Waals surface area contributed by atoms with E-state index in [1.165, 1.54) is 0 Å². The lowest BCUT2D eigenvalue weighted by Gasteiger charge is -2.20. The van der Waals surface area contributed by atoms with E-state index in [1.807, 2.05) is 75.4 Å². The maximum Gasteiger partial charge on any atom is 0.415 e. The second-order valence-corrected chi connectivity index (χ2v) is 6.96. The highest BCUT2D eigenvalue weighted by molar-refractivity contribution is 7.61. The molecule has 0 aliphatic carbocycles. The van der Waals surface area contributed by atoms with Gasteiger partial charge in [-0.25, -0.2) is 0 Å².